The molecule has 3 aromatic rings. The van der Waals surface area contributed by atoms with Crippen molar-refractivity contribution in [1.82, 2.24) is 4.98 Å². The first-order valence-corrected chi connectivity index (χ1v) is 10.5. The largest absolute Gasteiger partial charge is 0.493 e. The van der Waals surface area contributed by atoms with E-state index in [0.717, 1.165) is 23.3 Å². The standard InChI is InChI=1S/C21H21NO4S/c1-15-12-18(25-11-10-16-6-7-16)14-19(13-15)26-27(23,24)21-9-8-17-4-2-3-5-20(17)22-21/h2-5,8-9,12-14,16H,6-7,10-11H2,1H3. The van der Waals surface area contributed by atoms with E-state index in [1.54, 1.807) is 24.3 Å². The second kappa shape index (κ2) is 7.19. The average molecular weight is 383 g/mol. The van der Waals surface area contributed by atoms with E-state index >= 15 is 0 Å². The van der Waals surface area contributed by atoms with E-state index < -0.39 is 10.1 Å². The predicted octanol–water partition coefficient (Wildman–Crippen LogP) is 4.49. The number of pyridine rings is 1. The number of para-hydroxylation sites is 1. The minimum atomic E-state index is -4.03. The summed E-state index contributed by atoms with van der Waals surface area (Å²) in [7, 11) is -4.03. The number of aryl methyl sites for hydroxylation is 1. The van der Waals surface area contributed by atoms with Gasteiger partial charge in [0, 0.05) is 11.5 Å². The van der Waals surface area contributed by atoms with Crippen molar-refractivity contribution in [3.63, 3.8) is 0 Å². The molecule has 2 aromatic carbocycles. The van der Waals surface area contributed by atoms with Crippen molar-refractivity contribution in [2.45, 2.75) is 31.2 Å². The minimum absolute atomic E-state index is 0.112. The number of rotatable bonds is 7. The first-order chi connectivity index (χ1) is 13.0. The van der Waals surface area contributed by atoms with Gasteiger partial charge in [0.25, 0.3) is 0 Å². The van der Waals surface area contributed by atoms with Crippen LogP contribution in [0.2, 0.25) is 0 Å². The number of nitrogens with zero attached hydrogens (tertiary/aromatic N) is 1. The molecule has 1 aliphatic carbocycles. The lowest BCUT2D eigenvalue weighted by molar-refractivity contribution is 0.301. The number of benzene rings is 2. The number of aromatic nitrogens is 1. The third-order valence-electron chi connectivity index (χ3n) is 4.55. The fraction of sp³-hybridized carbons (Fsp3) is 0.286. The molecule has 1 heterocycles. The zero-order valence-corrected chi connectivity index (χ0v) is 15.9. The van der Waals surface area contributed by atoms with Crippen LogP contribution in [0.3, 0.4) is 0 Å². The molecule has 0 unspecified atom stereocenters. The average Bonchev–Trinajstić information content (AvgIpc) is 3.45. The van der Waals surface area contributed by atoms with E-state index in [2.05, 4.69) is 4.98 Å². The molecule has 1 aromatic heterocycles. The molecule has 0 radical (unpaired) electrons. The second-order valence-electron chi connectivity index (χ2n) is 6.94. The zero-order valence-electron chi connectivity index (χ0n) is 15.1. The smallest absolute Gasteiger partial charge is 0.356 e. The Morgan fingerprint density at radius 3 is 2.63 bits per heavy atom. The summed E-state index contributed by atoms with van der Waals surface area (Å²) in [6.45, 7) is 2.51. The molecule has 0 N–H and O–H groups in total. The van der Waals surface area contributed by atoms with Crippen molar-refractivity contribution in [1.29, 1.82) is 0 Å². The molecule has 0 aliphatic heterocycles. The Labute approximate surface area is 159 Å². The van der Waals surface area contributed by atoms with E-state index in [1.807, 2.05) is 31.2 Å². The molecule has 140 valence electrons. The van der Waals surface area contributed by atoms with E-state index in [-0.39, 0.29) is 10.8 Å². The van der Waals surface area contributed by atoms with Crippen LogP contribution in [0.5, 0.6) is 11.5 Å². The molecule has 0 atom stereocenters. The lowest BCUT2D eigenvalue weighted by Crippen LogP contribution is -2.12. The van der Waals surface area contributed by atoms with Crippen LogP contribution in [-0.4, -0.2) is 20.0 Å². The van der Waals surface area contributed by atoms with E-state index in [1.165, 1.54) is 18.9 Å². The molecular weight excluding hydrogens is 362 g/mol. The summed E-state index contributed by atoms with van der Waals surface area (Å²) in [5.74, 6) is 1.63. The maximum Gasteiger partial charge on any atom is 0.356 e. The number of ether oxygens (including phenoxy) is 1. The number of hydrogen-bond donors (Lipinski definition) is 0. The van der Waals surface area contributed by atoms with Gasteiger partial charge in [-0.3, -0.25) is 0 Å². The van der Waals surface area contributed by atoms with Crippen LogP contribution in [0.15, 0.2) is 59.6 Å². The van der Waals surface area contributed by atoms with Crippen molar-refractivity contribution in [3.8, 4) is 11.5 Å². The number of hydrogen-bond acceptors (Lipinski definition) is 5. The van der Waals surface area contributed by atoms with Crippen molar-refractivity contribution < 1.29 is 17.3 Å². The first-order valence-electron chi connectivity index (χ1n) is 9.04. The van der Waals surface area contributed by atoms with Crippen LogP contribution in [-0.2, 0) is 10.1 Å². The maximum atomic E-state index is 12.7. The normalized spacial score (nSPS) is 14.3. The summed E-state index contributed by atoms with van der Waals surface area (Å²) >= 11 is 0. The van der Waals surface area contributed by atoms with Crippen LogP contribution in [0.4, 0.5) is 0 Å². The van der Waals surface area contributed by atoms with Crippen LogP contribution >= 0.6 is 0 Å². The van der Waals surface area contributed by atoms with Gasteiger partial charge in [0.1, 0.15) is 11.5 Å². The van der Waals surface area contributed by atoms with Crippen LogP contribution in [0.25, 0.3) is 10.9 Å². The van der Waals surface area contributed by atoms with E-state index in [9.17, 15) is 8.42 Å². The lowest BCUT2D eigenvalue weighted by atomic mass is 10.2. The highest BCUT2D eigenvalue weighted by Gasteiger charge is 2.21. The van der Waals surface area contributed by atoms with Gasteiger partial charge in [-0.1, -0.05) is 31.0 Å². The molecule has 5 nitrogen and oxygen atoms in total. The third-order valence-corrected chi connectivity index (χ3v) is 5.70. The van der Waals surface area contributed by atoms with Crippen LogP contribution in [0.1, 0.15) is 24.8 Å². The van der Waals surface area contributed by atoms with Gasteiger partial charge < -0.3 is 8.92 Å². The Balaban J connectivity index is 1.54. The maximum absolute atomic E-state index is 12.7. The van der Waals surface area contributed by atoms with E-state index in [0.29, 0.717) is 17.9 Å². The highest BCUT2D eigenvalue weighted by Crippen LogP contribution is 2.33. The molecule has 6 heteroatoms. The van der Waals surface area contributed by atoms with Gasteiger partial charge in [0.15, 0.2) is 5.03 Å². The van der Waals surface area contributed by atoms with Gasteiger partial charge in [-0.2, -0.15) is 8.42 Å². The predicted molar refractivity (Wildman–Crippen MR) is 104 cm³/mol. The van der Waals surface area contributed by atoms with E-state index in [4.69, 9.17) is 8.92 Å². The van der Waals surface area contributed by atoms with Crippen molar-refractivity contribution in [2.24, 2.45) is 5.92 Å². The summed E-state index contributed by atoms with van der Waals surface area (Å²) in [5.41, 5.74) is 1.48. The Morgan fingerprint density at radius 1 is 1.04 bits per heavy atom. The van der Waals surface area contributed by atoms with Gasteiger partial charge in [-0.05, 0) is 55.2 Å². The Kier molecular flexibility index (Phi) is 4.74. The molecule has 27 heavy (non-hydrogen) atoms. The van der Waals surface area contributed by atoms with Gasteiger partial charge in [-0.15, -0.1) is 0 Å². The minimum Gasteiger partial charge on any atom is -0.493 e. The van der Waals surface area contributed by atoms with Gasteiger partial charge in [0.05, 0.1) is 12.1 Å². The number of fused-ring (bicyclic) bond motifs is 1. The van der Waals surface area contributed by atoms with Gasteiger partial charge in [0.2, 0.25) is 0 Å². The molecular formula is C21H21NO4S. The summed E-state index contributed by atoms with van der Waals surface area (Å²) in [4.78, 5) is 4.22. The zero-order chi connectivity index (χ0) is 18.9. The molecule has 1 aliphatic rings. The topological polar surface area (TPSA) is 65.5 Å². The van der Waals surface area contributed by atoms with Crippen LogP contribution < -0.4 is 8.92 Å². The Bertz CT molecular complexity index is 1070. The molecule has 0 amide bonds. The van der Waals surface area contributed by atoms with Crippen molar-refractivity contribution >= 4 is 21.0 Å². The Morgan fingerprint density at radius 2 is 1.81 bits per heavy atom. The van der Waals surface area contributed by atoms with Crippen molar-refractivity contribution in [2.75, 3.05) is 6.61 Å². The van der Waals surface area contributed by atoms with Crippen molar-refractivity contribution in [3.05, 3.63) is 60.2 Å². The monoisotopic (exact) mass is 383 g/mol. The molecule has 4 rings (SSSR count). The summed E-state index contributed by atoms with van der Waals surface area (Å²) in [6, 6.07) is 15.7. The highest BCUT2D eigenvalue weighted by atomic mass is 32.2. The fourth-order valence-corrected chi connectivity index (χ4v) is 3.83. The van der Waals surface area contributed by atoms with Gasteiger partial charge >= 0.3 is 10.1 Å². The lowest BCUT2D eigenvalue weighted by Gasteiger charge is -2.11. The second-order valence-corrected chi connectivity index (χ2v) is 8.44. The van der Waals surface area contributed by atoms with Gasteiger partial charge in [-0.25, -0.2) is 4.98 Å². The first kappa shape index (κ1) is 17.8. The summed E-state index contributed by atoms with van der Waals surface area (Å²) in [5, 5.41) is 0.761. The highest BCUT2D eigenvalue weighted by molar-refractivity contribution is 7.87. The molecule has 1 saturated carbocycles. The molecule has 0 spiro atoms. The van der Waals surface area contributed by atoms with Crippen LogP contribution in [0, 0.1) is 12.8 Å². The Hall–Kier alpha value is -2.60. The summed E-state index contributed by atoms with van der Waals surface area (Å²) < 4.78 is 36.4. The third kappa shape index (κ3) is 4.39. The molecule has 1 fully saturated rings. The fourth-order valence-electron chi connectivity index (χ4n) is 2.95. The molecule has 0 bridgehead atoms. The summed E-state index contributed by atoms with van der Waals surface area (Å²) in [6.07, 6.45) is 3.59. The molecule has 0 saturated heterocycles. The quantitative estimate of drug-likeness (QED) is 0.563. The SMILES string of the molecule is Cc1cc(OCCC2CC2)cc(OS(=O)(=O)c2ccc3ccccc3n2)c1.